The van der Waals surface area contributed by atoms with Crippen LogP contribution in [0.25, 0.3) is 0 Å². The molecule has 0 spiro atoms. The van der Waals surface area contributed by atoms with Crippen LogP contribution < -0.4 is 0 Å². The van der Waals surface area contributed by atoms with Crippen molar-refractivity contribution in [3.05, 3.63) is 11.1 Å². The molecular formula is C9H11Cl2F3O2. The smallest absolute Gasteiger partial charge is 0.426 e. The van der Waals surface area contributed by atoms with Gasteiger partial charge in [-0.25, -0.2) is 4.79 Å². The first-order valence-corrected chi connectivity index (χ1v) is 5.05. The number of carboxylic acid groups (broad SMARTS) is 1. The lowest BCUT2D eigenvalue weighted by molar-refractivity contribution is -0.0848. The van der Waals surface area contributed by atoms with Crippen molar-refractivity contribution in [3.8, 4) is 0 Å². The monoisotopic (exact) mass is 278 g/mol. The second-order valence-electron chi connectivity index (χ2n) is 4.06. The van der Waals surface area contributed by atoms with Gasteiger partial charge in [0, 0.05) is 11.6 Å². The minimum Gasteiger partial charge on any atom is -0.469 e. The number of halogens is 5. The van der Waals surface area contributed by atoms with E-state index >= 15 is 0 Å². The van der Waals surface area contributed by atoms with Gasteiger partial charge in [-0.15, -0.1) is 0 Å². The van der Waals surface area contributed by atoms with E-state index in [1.165, 1.54) is 0 Å². The molecule has 0 aromatic heterocycles. The SMILES string of the molecule is CC1(C)CC1/C=C(\Cl)C(F)(F)F.O=C(O)Cl. The fourth-order valence-electron chi connectivity index (χ4n) is 1.06. The number of carbonyl (C=O) groups is 1. The third kappa shape index (κ3) is 6.23. The highest BCUT2D eigenvalue weighted by Crippen LogP contribution is 2.53. The molecule has 0 heterocycles. The molecule has 1 atom stereocenters. The molecule has 0 aromatic carbocycles. The largest absolute Gasteiger partial charge is 0.469 e. The minimum atomic E-state index is -4.37. The van der Waals surface area contributed by atoms with E-state index in [9.17, 15) is 13.2 Å². The molecule has 0 bridgehead atoms. The molecule has 0 aromatic rings. The lowest BCUT2D eigenvalue weighted by atomic mass is 10.1. The van der Waals surface area contributed by atoms with E-state index in [2.05, 4.69) is 11.6 Å². The van der Waals surface area contributed by atoms with Gasteiger partial charge in [0.25, 0.3) is 0 Å². The second-order valence-corrected chi connectivity index (χ2v) is 4.80. The lowest BCUT2D eigenvalue weighted by Crippen LogP contribution is -2.07. The number of alkyl halides is 3. The van der Waals surface area contributed by atoms with Crippen LogP contribution in [-0.4, -0.2) is 16.7 Å². The predicted octanol–water partition coefficient (Wildman–Crippen LogP) is 4.62. The van der Waals surface area contributed by atoms with Crippen LogP contribution in [0.4, 0.5) is 18.0 Å². The highest BCUT2D eigenvalue weighted by molar-refractivity contribution is 6.60. The quantitative estimate of drug-likeness (QED) is 0.711. The van der Waals surface area contributed by atoms with Gasteiger partial charge < -0.3 is 5.11 Å². The molecule has 1 unspecified atom stereocenters. The molecule has 1 N–H and O–H groups in total. The third-order valence-corrected chi connectivity index (χ3v) is 2.55. The molecular weight excluding hydrogens is 268 g/mol. The van der Waals surface area contributed by atoms with E-state index in [0.717, 1.165) is 12.5 Å². The summed E-state index contributed by atoms with van der Waals surface area (Å²) >= 11 is 9.25. The summed E-state index contributed by atoms with van der Waals surface area (Å²) in [5.41, 5.74) is -1.36. The Balaban J connectivity index is 0.000000487. The number of hydrogen-bond acceptors (Lipinski definition) is 1. The van der Waals surface area contributed by atoms with E-state index in [0.29, 0.717) is 0 Å². The molecule has 0 radical (unpaired) electrons. The summed E-state index contributed by atoms with van der Waals surface area (Å²) in [5.74, 6) is -0.00775. The molecule has 94 valence electrons. The van der Waals surface area contributed by atoms with Gasteiger partial charge in [0.15, 0.2) is 0 Å². The number of hydrogen-bond donors (Lipinski definition) is 1. The van der Waals surface area contributed by atoms with E-state index in [-0.39, 0.29) is 11.3 Å². The average molecular weight is 279 g/mol. The molecule has 2 nitrogen and oxygen atoms in total. The highest BCUT2D eigenvalue weighted by Gasteiger charge is 2.46. The topological polar surface area (TPSA) is 37.3 Å². The van der Waals surface area contributed by atoms with Crippen molar-refractivity contribution in [2.24, 2.45) is 11.3 Å². The third-order valence-electron chi connectivity index (χ3n) is 2.21. The van der Waals surface area contributed by atoms with Crippen molar-refractivity contribution < 1.29 is 23.1 Å². The molecule has 1 saturated carbocycles. The van der Waals surface area contributed by atoms with Gasteiger partial charge in [-0.05, 0) is 17.8 Å². The van der Waals surface area contributed by atoms with E-state index in [4.69, 9.17) is 21.5 Å². The minimum absolute atomic E-state index is 0.00535. The summed E-state index contributed by atoms with van der Waals surface area (Å²) in [6.07, 6.45) is -2.47. The molecule has 16 heavy (non-hydrogen) atoms. The highest BCUT2D eigenvalue weighted by atomic mass is 35.5. The Morgan fingerprint density at radius 2 is 1.75 bits per heavy atom. The average Bonchev–Trinajstić information content (AvgIpc) is 2.54. The van der Waals surface area contributed by atoms with Crippen LogP contribution in [0.3, 0.4) is 0 Å². The molecule has 0 saturated heterocycles. The summed E-state index contributed by atoms with van der Waals surface area (Å²) in [7, 11) is 0. The first kappa shape index (κ1) is 15.6. The summed E-state index contributed by atoms with van der Waals surface area (Å²) in [4.78, 5) is 8.77. The Hall–Kier alpha value is -0.420. The zero-order valence-corrected chi connectivity index (χ0v) is 10.1. The summed E-state index contributed by atoms with van der Waals surface area (Å²) < 4.78 is 35.7. The molecule has 0 aliphatic heterocycles. The molecule has 1 fully saturated rings. The maximum absolute atomic E-state index is 11.9. The second kappa shape index (κ2) is 5.27. The zero-order valence-electron chi connectivity index (χ0n) is 8.61. The van der Waals surface area contributed by atoms with E-state index < -0.39 is 16.6 Å². The molecule has 7 heteroatoms. The first-order valence-electron chi connectivity index (χ1n) is 4.30. The van der Waals surface area contributed by atoms with Crippen LogP contribution in [0.15, 0.2) is 11.1 Å². The van der Waals surface area contributed by atoms with Crippen LogP contribution in [0.1, 0.15) is 20.3 Å². The first-order chi connectivity index (χ1) is 6.97. The standard InChI is InChI=1S/C8H10ClF3.CHClO2/c1-7(2)4-5(7)3-6(9)8(10,11)12;2-1(3)4/h3,5H,4H2,1-2H3;(H,3,4)/b6-3-;. The summed E-state index contributed by atoms with van der Waals surface area (Å²) in [5, 5.41) is 6.19. The Morgan fingerprint density at radius 3 is 1.94 bits per heavy atom. The Kier molecular flexibility index (Phi) is 5.14. The van der Waals surface area contributed by atoms with Crippen LogP contribution in [-0.2, 0) is 0 Å². The molecule has 1 rings (SSSR count). The predicted molar refractivity (Wildman–Crippen MR) is 55.8 cm³/mol. The number of allylic oxidation sites excluding steroid dienone is 2. The van der Waals surface area contributed by atoms with Crippen molar-refractivity contribution in [2.75, 3.05) is 0 Å². The Labute approximate surface area is 101 Å². The molecule has 1 aliphatic carbocycles. The lowest BCUT2D eigenvalue weighted by Gasteiger charge is -2.04. The van der Waals surface area contributed by atoms with Gasteiger partial charge in [0.1, 0.15) is 5.03 Å². The van der Waals surface area contributed by atoms with E-state index in [1.54, 1.807) is 0 Å². The van der Waals surface area contributed by atoms with E-state index in [1.807, 2.05) is 13.8 Å². The van der Waals surface area contributed by atoms with Crippen molar-refractivity contribution >= 4 is 28.6 Å². The fourth-order valence-corrected chi connectivity index (χ4v) is 1.22. The van der Waals surface area contributed by atoms with Crippen LogP contribution in [0, 0.1) is 11.3 Å². The van der Waals surface area contributed by atoms with Crippen molar-refractivity contribution in [1.29, 1.82) is 0 Å². The van der Waals surface area contributed by atoms with Gasteiger partial charge >= 0.3 is 11.6 Å². The fraction of sp³-hybridized carbons (Fsp3) is 0.667. The van der Waals surface area contributed by atoms with Gasteiger partial charge in [-0.3, -0.25) is 0 Å². The van der Waals surface area contributed by atoms with Crippen LogP contribution >= 0.6 is 23.2 Å². The van der Waals surface area contributed by atoms with Crippen molar-refractivity contribution in [3.63, 3.8) is 0 Å². The van der Waals surface area contributed by atoms with Gasteiger partial charge in [0.05, 0.1) is 0 Å². The maximum atomic E-state index is 11.9. The molecule has 0 amide bonds. The van der Waals surface area contributed by atoms with Crippen LogP contribution in [0.2, 0.25) is 0 Å². The molecule has 1 aliphatic rings. The van der Waals surface area contributed by atoms with Crippen LogP contribution in [0.5, 0.6) is 0 Å². The van der Waals surface area contributed by atoms with Crippen molar-refractivity contribution in [2.45, 2.75) is 26.4 Å². The zero-order chi connectivity index (χ0) is 13.1. The maximum Gasteiger partial charge on any atom is 0.426 e. The normalized spacial score (nSPS) is 23.2. The summed E-state index contributed by atoms with van der Waals surface area (Å²) in [6, 6.07) is 0. The van der Waals surface area contributed by atoms with Gasteiger partial charge in [0.2, 0.25) is 0 Å². The summed E-state index contributed by atoms with van der Waals surface area (Å²) in [6.45, 7) is 3.85. The Morgan fingerprint density at radius 1 is 1.44 bits per heavy atom. The number of rotatable bonds is 1. The van der Waals surface area contributed by atoms with Gasteiger partial charge in [-0.2, -0.15) is 13.2 Å². The van der Waals surface area contributed by atoms with Crippen molar-refractivity contribution in [1.82, 2.24) is 0 Å². The Bertz CT molecular complexity index is 294. The van der Waals surface area contributed by atoms with Gasteiger partial charge in [-0.1, -0.05) is 31.5 Å².